The molecule has 0 saturated heterocycles. The Hall–Kier alpha value is -2.19. The maximum absolute atomic E-state index is 10.00. The van der Waals surface area contributed by atoms with Crippen molar-refractivity contribution in [2.75, 3.05) is 0 Å². The van der Waals surface area contributed by atoms with Gasteiger partial charge in [0.25, 0.3) is 0 Å². The highest BCUT2D eigenvalue weighted by Gasteiger charge is 2.14. The molecule has 9 heteroatoms. The van der Waals surface area contributed by atoms with Crippen LogP contribution in [-0.2, 0) is 0 Å². The molecule has 0 aliphatic carbocycles. The van der Waals surface area contributed by atoms with E-state index in [4.69, 9.17) is 15.3 Å². The predicted octanol–water partition coefficient (Wildman–Crippen LogP) is -0.927. The fourth-order valence-electron chi connectivity index (χ4n) is 0.479. The second-order valence-electron chi connectivity index (χ2n) is 1.78. The van der Waals surface area contributed by atoms with Gasteiger partial charge in [-0.1, -0.05) is 0 Å². The number of carbonyl (C=O) groups is 3. The summed E-state index contributed by atoms with van der Waals surface area (Å²) in [7, 11) is 0. The van der Waals surface area contributed by atoms with Crippen LogP contribution in [0.4, 0.5) is 14.4 Å². The molecule has 0 aliphatic heterocycles. The predicted molar refractivity (Wildman–Crippen MR) is 37.3 cm³/mol. The number of nitrogens with one attached hydrogen (secondary N) is 3. The van der Waals surface area contributed by atoms with E-state index in [1.54, 1.807) is 16.0 Å². The van der Waals surface area contributed by atoms with Crippen molar-refractivity contribution in [1.29, 1.82) is 0 Å². The van der Waals surface area contributed by atoms with E-state index >= 15 is 0 Å². The van der Waals surface area contributed by atoms with Crippen molar-refractivity contribution in [1.82, 2.24) is 16.0 Å². The minimum atomic E-state index is -1.59. The molecule has 0 rings (SSSR count). The number of hydrogen-bond acceptors (Lipinski definition) is 3. The quantitative estimate of drug-likeness (QED) is 0.319. The number of rotatable bonds is 3. The highest BCUT2D eigenvalue weighted by Crippen LogP contribution is 1.74. The van der Waals surface area contributed by atoms with Crippen molar-refractivity contribution in [2.45, 2.75) is 6.29 Å². The summed E-state index contributed by atoms with van der Waals surface area (Å²) < 4.78 is 0. The summed E-state index contributed by atoms with van der Waals surface area (Å²) >= 11 is 0. The van der Waals surface area contributed by atoms with Gasteiger partial charge in [-0.15, -0.1) is 0 Å². The zero-order chi connectivity index (χ0) is 10.4. The number of carboxylic acid groups (broad SMARTS) is 3. The Bertz CT molecular complexity index is 190. The zero-order valence-electron chi connectivity index (χ0n) is 6.14. The maximum atomic E-state index is 10.00. The van der Waals surface area contributed by atoms with Crippen molar-refractivity contribution in [3.8, 4) is 0 Å². The van der Waals surface area contributed by atoms with E-state index < -0.39 is 24.6 Å². The third-order valence-corrected chi connectivity index (χ3v) is 0.803. The van der Waals surface area contributed by atoms with E-state index in [0.717, 1.165) is 0 Å². The normalized spacial score (nSPS) is 9.00. The van der Waals surface area contributed by atoms with Crippen molar-refractivity contribution >= 4 is 18.3 Å². The topological polar surface area (TPSA) is 148 Å². The first kappa shape index (κ1) is 10.8. The molecule has 3 amide bonds. The van der Waals surface area contributed by atoms with E-state index in [1.807, 2.05) is 0 Å². The summed E-state index contributed by atoms with van der Waals surface area (Å²) in [4.78, 5) is 30.0. The smallest absolute Gasteiger partial charge is 0.407 e. The van der Waals surface area contributed by atoms with Crippen LogP contribution in [0, 0.1) is 0 Å². The molecule has 0 saturated carbocycles. The highest BCUT2D eigenvalue weighted by molar-refractivity contribution is 5.71. The lowest BCUT2D eigenvalue weighted by Gasteiger charge is -2.15. The minimum Gasteiger partial charge on any atom is -0.465 e. The highest BCUT2D eigenvalue weighted by atomic mass is 16.4. The van der Waals surface area contributed by atoms with Gasteiger partial charge >= 0.3 is 18.3 Å². The van der Waals surface area contributed by atoms with Crippen molar-refractivity contribution in [3.05, 3.63) is 0 Å². The zero-order valence-corrected chi connectivity index (χ0v) is 6.14. The summed E-state index contributed by atoms with van der Waals surface area (Å²) in [5.41, 5.74) is 0. The Labute approximate surface area is 71.4 Å². The fourth-order valence-corrected chi connectivity index (χ4v) is 0.479. The molecule has 74 valence electrons. The number of amides is 3. The monoisotopic (exact) mass is 193 g/mol. The van der Waals surface area contributed by atoms with Crippen LogP contribution >= 0.6 is 0 Å². The van der Waals surface area contributed by atoms with Gasteiger partial charge in [0, 0.05) is 0 Å². The largest absolute Gasteiger partial charge is 0.465 e. The Morgan fingerprint density at radius 2 is 1.00 bits per heavy atom. The summed E-state index contributed by atoms with van der Waals surface area (Å²) in [6.45, 7) is 0. The maximum Gasteiger partial charge on any atom is 0.407 e. The van der Waals surface area contributed by atoms with Crippen LogP contribution < -0.4 is 16.0 Å². The Morgan fingerprint density at radius 3 is 1.15 bits per heavy atom. The first-order valence-electron chi connectivity index (χ1n) is 2.90. The average molecular weight is 193 g/mol. The van der Waals surface area contributed by atoms with E-state index in [2.05, 4.69) is 0 Å². The molecule has 9 nitrogen and oxygen atoms in total. The Kier molecular flexibility index (Phi) is 3.86. The van der Waals surface area contributed by atoms with E-state index in [-0.39, 0.29) is 0 Å². The lowest BCUT2D eigenvalue weighted by molar-refractivity contribution is 0.162. The van der Waals surface area contributed by atoms with Crippen LogP contribution in [0.25, 0.3) is 0 Å². The second-order valence-corrected chi connectivity index (χ2v) is 1.78. The SMILES string of the molecule is O=C(O)NC(NC(=O)O)NC(=O)O. The van der Waals surface area contributed by atoms with E-state index in [0.29, 0.717) is 0 Å². The molecule has 0 fully saturated rings. The van der Waals surface area contributed by atoms with Gasteiger partial charge in [0.2, 0.25) is 0 Å². The van der Waals surface area contributed by atoms with Gasteiger partial charge in [-0.25, -0.2) is 14.4 Å². The van der Waals surface area contributed by atoms with Crippen molar-refractivity contribution in [3.63, 3.8) is 0 Å². The standard InChI is InChI=1S/C4H7N3O6/c8-2(9)5-1(6-3(10)11)7-4(12)13/h1,5-7H,(H,8,9)(H,10,11)(H,12,13). The fraction of sp³-hybridized carbons (Fsp3) is 0.250. The molecule has 0 heterocycles. The average Bonchev–Trinajstić information content (AvgIpc) is 1.80. The molecule has 0 radical (unpaired) electrons. The third-order valence-electron chi connectivity index (χ3n) is 0.803. The van der Waals surface area contributed by atoms with Crippen LogP contribution in [0.15, 0.2) is 0 Å². The molecular formula is C4H7N3O6. The van der Waals surface area contributed by atoms with Crippen LogP contribution in [0.5, 0.6) is 0 Å². The van der Waals surface area contributed by atoms with Crippen molar-refractivity contribution < 1.29 is 29.7 Å². The first-order valence-corrected chi connectivity index (χ1v) is 2.90. The van der Waals surface area contributed by atoms with Gasteiger partial charge in [0.1, 0.15) is 0 Å². The molecule has 0 aromatic carbocycles. The molecule has 0 aliphatic rings. The Morgan fingerprint density at radius 1 is 0.769 bits per heavy atom. The van der Waals surface area contributed by atoms with E-state index in [1.165, 1.54) is 0 Å². The minimum absolute atomic E-state index is 1.56. The lowest BCUT2D eigenvalue weighted by atomic mass is 10.7. The molecule has 0 bridgehead atoms. The second kappa shape index (κ2) is 4.64. The van der Waals surface area contributed by atoms with Crippen LogP contribution in [-0.4, -0.2) is 39.9 Å². The van der Waals surface area contributed by atoms with Gasteiger partial charge in [-0.05, 0) is 0 Å². The Balaban J connectivity index is 4.10. The molecule has 6 N–H and O–H groups in total. The summed E-state index contributed by atoms with van der Waals surface area (Å²) in [5, 5.41) is 29.1. The molecule has 13 heavy (non-hydrogen) atoms. The lowest BCUT2D eigenvalue weighted by Crippen LogP contribution is -2.57. The summed E-state index contributed by atoms with van der Waals surface area (Å²) in [5.74, 6) is 0. The first-order chi connectivity index (χ1) is 5.91. The molecule has 0 atom stereocenters. The van der Waals surface area contributed by atoms with Gasteiger partial charge in [-0.2, -0.15) is 0 Å². The van der Waals surface area contributed by atoms with Crippen molar-refractivity contribution in [2.24, 2.45) is 0 Å². The van der Waals surface area contributed by atoms with E-state index in [9.17, 15) is 14.4 Å². The van der Waals surface area contributed by atoms with Gasteiger partial charge in [0.15, 0.2) is 6.29 Å². The molecule has 0 aromatic heterocycles. The molecule has 0 unspecified atom stereocenters. The van der Waals surface area contributed by atoms with Crippen LogP contribution in [0.3, 0.4) is 0 Å². The molecule has 0 aromatic rings. The third kappa shape index (κ3) is 6.22. The van der Waals surface area contributed by atoms with Gasteiger partial charge in [-0.3, -0.25) is 16.0 Å². The van der Waals surface area contributed by atoms with Gasteiger partial charge < -0.3 is 15.3 Å². The van der Waals surface area contributed by atoms with Gasteiger partial charge in [0.05, 0.1) is 0 Å². The van der Waals surface area contributed by atoms with Crippen LogP contribution in [0.1, 0.15) is 0 Å². The van der Waals surface area contributed by atoms with Crippen LogP contribution in [0.2, 0.25) is 0 Å². The summed E-state index contributed by atoms with van der Waals surface area (Å²) in [6, 6.07) is 0. The summed E-state index contributed by atoms with van der Waals surface area (Å²) in [6.07, 6.45) is -6.28. The molecule has 0 spiro atoms. The molecular weight excluding hydrogens is 186 g/mol. The number of hydrogen-bond donors (Lipinski definition) is 6.